The second-order valence-corrected chi connectivity index (χ2v) is 9.38. The number of nitrogens with zero attached hydrogens (tertiary/aromatic N) is 3. The highest BCUT2D eigenvalue weighted by Crippen LogP contribution is 2.35. The molecular weight excluding hydrogens is 372 g/mol. The Kier molecular flexibility index (Phi) is 5.54. The molecule has 1 fully saturated rings. The molecule has 1 N–H and O–H groups in total. The molecule has 30 heavy (non-hydrogen) atoms. The van der Waals surface area contributed by atoms with Crippen molar-refractivity contribution in [3.63, 3.8) is 0 Å². The summed E-state index contributed by atoms with van der Waals surface area (Å²) in [6.07, 6.45) is 3.95. The number of carbonyl (C=O) groups excluding carboxylic acids is 1. The van der Waals surface area contributed by atoms with Crippen molar-refractivity contribution in [3.05, 3.63) is 66.0 Å². The second kappa shape index (κ2) is 8.13. The number of amides is 1. The summed E-state index contributed by atoms with van der Waals surface area (Å²) in [6.45, 7) is 10.1. The molecule has 1 amide bonds. The fourth-order valence-electron chi connectivity index (χ4n) is 4.31. The molecule has 0 bridgehead atoms. The molecule has 5 heteroatoms. The van der Waals surface area contributed by atoms with Crippen molar-refractivity contribution < 1.29 is 4.79 Å². The standard InChI is InChI=1S/C25H32N4O/c1-18(19-10-6-5-7-11-19)24(30)28-16-13-20(14-17-28)22-23(27-25(2,3)4)29-15-9-8-12-21(29)26-22/h5-12,15,18,20,27H,13-14,16-17H2,1-4H3/t18-/m0/s1. The van der Waals surface area contributed by atoms with Crippen LogP contribution in [0.2, 0.25) is 0 Å². The lowest BCUT2D eigenvalue weighted by Gasteiger charge is -2.34. The molecule has 2 aromatic heterocycles. The van der Waals surface area contributed by atoms with Gasteiger partial charge in [-0.15, -0.1) is 0 Å². The van der Waals surface area contributed by atoms with Gasteiger partial charge in [0, 0.05) is 30.7 Å². The number of carbonyl (C=O) groups is 1. The van der Waals surface area contributed by atoms with Crippen molar-refractivity contribution in [3.8, 4) is 0 Å². The van der Waals surface area contributed by atoms with Crippen LogP contribution in [0.15, 0.2) is 54.7 Å². The maximum Gasteiger partial charge on any atom is 0.229 e. The lowest BCUT2D eigenvalue weighted by atomic mass is 9.91. The minimum atomic E-state index is -0.101. The predicted molar refractivity (Wildman–Crippen MR) is 122 cm³/mol. The number of fused-ring (bicyclic) bond motifs is 1. The summed E-state index contributed by atoms with van der Waals surface area (Å²) < 4.78 is 2.15. The largest absolute Gasteiger partial charge is 0.365 e. The van der Waals surface area contributed by atoms with E-state index >= 15 is 0 Å². The minimum absolute atomic E-state index is 0.0532. The molecule has 1 saturated heterocycles. The molecule has 0 radical (unpaired) electrons. The number of nitrogens with one attached hydrogen (secondary N) is 1. The van der Waals surface area contributed by atoms with E-state index in [4.69, 9.17) is 4.98 Å². The van der Waals surface area contributed by atoms with Crippen LogP contribution in [0, 0.1) is 0 Å². The predicted octanol–water partition coefficient (Wildman–Crippen LogP) is 5.05. The van der Waals surface area contributed by atoms with Crippen LogP contribution in [-0.2, 0) is 4.79 Å². The number of piperidine rings is 1. The summed E-state index contributed by atoms with van der Waals surface area (Å²) in [5.74, 6) is 1.56. The third-order valence-electron chi connectivity index (χ3n) is 5.91. The smallest absolute Gasteiger partial charge is 0.229 e. The van der Waals surface area contributed by atoms with Gasteiger partial charge in [-0.3, -0.25) is 9.20 Å². The van der Waals surface area contributed by atoms with E-state index in [0.29, 0.717) is 5.92 Å². The van der Waals surface area contributed by atoms with Gasteiger partial charge in [-0.25, -0.2) is 4.98 Å². The van der Waals surface area contributed by atoms with Crippen LogP contribution >= 0.6 is 0 Å². The van der Waals surface area contributed by atoms with Gasteiger partial charge in [-0.1, -0.05) is 36.4 Å². The molecule has 3 aromatic rings. The van der Waals surface area contributed by atoms with E-state index < -0.39 is 0 Å². The zero-order valence-electron chi connectivity index (χ0n) is 18.4. The number of anilines is 1. The Hall–Kier alpha value is -2.82. The number of rotatable bonds is 4. The second-order valence-electron chi connectivity index (χ2n) is 9.38. The molecule has 1 aliphatic rings. The van der Waals surface area contributed by atoms with Crippen LogP contribution in [0.25, 0.3) is 5.65 Å². The van der Waals surface area contributed by atoms with Gasteiger partial charge >= 0.3 is 0 Å². The van der Waals surface area contributed by atoms with Gasteiger partial charge in [0.05, 0.1) is 11.6 Å². The Morgan fingerprint density at radius 1 is 1.07 bits per heavy atom. The zero-order chi connectivity index (χ0) is 21.3. The van der Waals surface area contributed by atoms with Gasteiger partial charge in [0.25, 0.3) is 0 Å². The Bertz CT molecular complexity index is 1010. The number of pyridine rings is 1. The lowest BCUT2D eigenvalue weighted by Crippen LogP contribution is -2.40. The summed E-state index contributed by atoms with van der Waals surface area (Å²) in [4.78, 5) is 20.0. The first kappa shape index (κ1) is 20.5. The fraction of sp³-hybridized carbons (Fsp3) is 0.440. The van der Waals surface area contributed by atoms with Crippen LogP contribution in [-0.4, -0.2) is 38.8 Å². The van der Waals surface area contributed by atoms with Crippen LogP contribution in [0.1, 0.15) is 63.6 Å². The highest BCUT2D eigenvalue weighted by atomic mass is 16.2. The summed E-state index contributed by atoms with van der Waals surface area (Å²) in [7, 11) is 0. The summed E-state index contributed by atoms with van der Waals surface area (Å²) in [5.41, 5.74) is 3.12. The van der Waals surface area contributed by atoms with Gasteiger partial charge in [-0.05, 0) is 58.2 Å². The molecule has 1 aromatic carbocycles. The van der Waals surface area contributed by atoms with E-state index in [1.807, 2.05) is 54.3 Å². The number of aromatic nitrogens is 2. The highest BCUT2D eigenvalue weighted by Gasteiger charge is 2.31. The lowest BCUT2D eigenvalue weighted by molar-refractivity contribution is -0.133. The molecule has 5 nitrogen and oxygen atoms in total. The number of likely N-dealkylation sites (tertiary alicyclic amines) is 1. The van der Waals surface area contributed by atoms with Crippen molar-refractivity contribution in [2.24, 2.45) is 0 Å². The molecule has 0 spiro atoms. The topological polar surface area (TPSA) is 49.6 Å². The fourth-order valence-corrected chi connectivity index (χ4v) is 4.31. The molecule has 1 aliphatic heterocycles. The van der Waals surface area contributed by atoms with Crippen LogP contribution < -0.4 is 5.32 Å². The number of benzene rings is 1. The third kappa shape index (κ3) is 4.20. The highest BCUT2D eigenvalue weighted by molar-refractivity contribution is 5.83. The van der Waals surface area contributed by atoms with Crippen LogP contribution in [0.5, 0.6) is 0 Å². The number of hydrogen-bond acceptors (Lipinski definition) is 3. The van der Waals surface area contributed by atoms with Crippen molar-refractivity contribution in [1.82, 2.24) is 14.3 Å². The quantitative estimate of drug-likeness (QED) is 0.662. The first-order valence-corrected chi connectivity index (χ1v) is 10.9. The molecular formula is C25H32N4O. The summed E-state index contributed by atoms with van der Waals surface area (Å²) in [5, 5.41) is 3.66. The van der Waals surface area contributed by atoms with Crippen LogP contribution in [0.4, 0.5) is 5.82 Å². The first-order valence-electron chi connectivity index (χ1n) is 10.9. The Morgan fingerprint density at radius 2 is 1.73 bits per heavy atom. The number of hydrogen-bond donors (Lipinski definition) is 1. The maximum absolute atomic E-state index is 13.0. The van der Waals surface area contributed by atoms with Crippen molar-refractivity contribution in [2.75, 3.05) is 18.4 Å². The summed E-state index contributed by atoms with van der Waals surface area (Å²) in [6, 6.07) is 16.2. The Balaban J connectivity index is 1.51. The van der Waals surface area contributed by atoms with E-state index in [1.54, 1.807) is 0 Å². The van der Waals surface area contributed by atoms with Crippen molar-refractivity contribution in [1.29, 1.82) is 0 Å². The molecule has 0 unspecified atom stereocenters. The molecule has 0 saturated carbocycles. The van der Waals surface area contributed by atoms with Gasteiger partial charge < -0.3 is 10.2 Å². The average Bonchev–Trinajstić information content (AvgIpc) is 3.10. The maximum atomic E-state index is 13.0. The van der Waals surface area contributed by atoms with E-state index in [9.17, 15) is 4.79 Å². The average molecular weight is 405 g/mol. The Morgan fingerprint density at radius 3 is 2.40 bits per heavy atom. The van der Waals surface area contributed by atoms with Crippen molar-refractivity contribution >= 4 is 17.4 Å². The van der Waals surface area contributed by atoms with Gasteiger partial charge in [0.2, 0.25) is 5.91 Å². The minimum Gasteiger partial charge on any atom is -0.365 e. The SMILES string of the molecule is C[C@H](C(=O)N1CCC(c2nc3ccccn3c2NC(C)(C)C)CC1)c1ccccc1. The first-order chi connectivity index (χ1) is 14.3. The van der Waals surface area contributed by atoms with Gasteiger partial charge in [-0.2, -0.15) is 0 Å². The summed E-state index contributed by atoms with van der Waals surface area (Å²) >= 11 is 0. The van der Waals surface area contributed by atoms with E-state index in [1.165, 1.54) is 0 Å². The number of imidazole rings is 1. The van der Waals surface area contributed by atoms with Crippen molar-refractivity contribution in [2.45, 2.75) is 57.9 Å². The zero-order valence-corrected chi connectivity index (χ0v) is 18.4. The Labute approximate surface area is 179 Å². The molecule has 158 valence electrons. The van der Waals surface area contributed by atoms with E-state index in [0.717, 1.165) is 48.7 Å². The van der Waals surface area contributed by atoms with Gasteiger partial charge in [0.1, 0.15) is 11.5 Å². The molecule has 4 rings (SSSR count). The normalized spacial score (nSPS) is 16.6. The molecule has 1 atom stereocenters. The monoisotopic (exact) mass is 404 g/mol. The molecule has 3 heterocycles. The third-order valence-corrected chi connectivity index (χ3v) is 5.91. The van der Waals surface area contributed by atoms with E-state index in [2.05, 4.69) is 42.8 Å². The van der Waals surface area contributed by atoms with Crippen LogP contribution in [0.3, 0.4) is 0 Å². The molecule has 0 aliphatic carbocycles. The van der Waals surface area contributed by atoms with E-state index in [-0.39, 0.29) is 17.4 Å². The van der Waals surface area contributed by atoms with Gasteiger partial charge in [0.15, 0.2) is 0 Å².